The lowest BCUT2D eigenvalue weighted by Crippen LogP contribution is -2.00. The number of hydrogen-bond donors (Lipinski definition) is 2. The van der Waals surface area contributed by atoms with Crippen molar-refractivity contribution in [3.63, 3.8) is 0 Å². The molecule has 5 nitrogen and oxygen atoms in total. The van der Waals surface area contributed by atoms with Crippen molar-refractivity contribution in [1.29, 1.82) is 0 Å². The fraction of sp³-hybridized carbons (Fsp3) is 0.250. The Morgan fingerprint density at radius 2 is 1.82 bits per heavy atom. The van der Waals surface area contributed by atoms with E-state index in [0.717, 1.165) is 28.7 Å². The van der Waals surface area contributed by atoms with Crippen molar-refractivity contribution in [2.75, 3.05) is 17.7 Å². The first-order valence-electron chi connectivity index (χ1n) is 5.40. The van der Waals surface area contributed by atoms with E-state index in [-0.39, 0.29) is 0 Å². The van der Waals surface area contributed by atoms with Crippen LogP contribution in [0.15, 0.2) is 24.5 Å². The van der Waals surface area contributed by atoms with Crippen LogP contribution in [-0.4, -0.2) is 22.0 Å². The summed E-state index contributed by atoms with van der Waals surface area (Å²) in [5.41, 5.74) is 2.91. The smallest absolute Gasteiger partial charge is 0.135 e. The quantitative estimate of drug-likeness (QED) is 0.845. The van der Waals surface area contributed by atoms with Crippen molar-refractivity contribution in [3.8, 4) is 0 Å². The van der Waals surface area contributed by atoms with Crippen molar-refractivity contribution < 1.29 is 0 Å². The van der Waals surface area contributed by atoms with Gasteiger partial charge in [-0.1, -0.05) is 0 Å². The van der Waals surface area contributed by atoms with Gasteiger partial charge in [0, 0.05) is 18.8 Å². The largest absolute Gasteiger partial charge is 0.373 e. The van der Waals surface area contributed by atoms with Crippen LogP contribution >= 0.6 is 0 Å². The minimum atomic E-state index is 0.748. The van der Waals surface area contributed by atoms with Crippen LogP contribution in [0.2, 0.25) is 0 Å². The maximum absolute atomic E-state index is 4.39. The van der Waals surface area contributed by atoms with Crippen molar-refractivity contribution >= 4 is 17.3 Å². The SMILES string of the molecule is CNc1cc(Nc2ccc(C)nc2C)ncn1. The van der Waals surface area contributed by atoms with Gasteiger partial charge >= 0.3 is 0 Å². The molecular formula is C12H15N5. The molecule has 0 bridgehead atoms. The number of aryl methyl sites for hydroxylation is 2. The highest BCUT2D eigenvalue weighted by Gasteiger charge is 2.02. The summed E-state index contributed by atoms with van der Waals surface area (Å²) in [5.74, 6) is 1.53. The van der Waals surface area contributed by atoms with Crippen LogP contribution in [0.1, 0.15) is 11.4 Å². The van der Waals surface area contributed by atoms with Crippen molar-refractivity contribution in [1.82, 2.24) is 15.0 Å². The first kappa shape index (κ1) is 11.3. The number of nitrogens with zero attached hydrogens (tertiary/aromatic N) is 3. The summed E-state index contributed by atoms with van der Waals surface area (Å²) in [6.07, 6.45) is 1.52. The van der Waals surface area contributed by atoms with Gasteiger partial charge in [-0.3, -0.25) is 4.98 Å². The van der Waals surface area contributed by atoms with Crippen LogP contribution in [0, 0.1) is 13.8 Å². The Hall–Kier alpha value is -2.17. The molecule has 17 heavy (non-hydrogen) atoms. The number of nitrogens with one attached hydrogen (secondary N) is 2. The Bertz CT molecular complexity index is 524. The van der Waals surface area contributed by atoms with Gasteiger partial charge in [0.25, 0.3) is 0 Å². The second-order valence-corrected chi connectivity index (χ2v) is 3.75. The molecule has 0 atom stereocenters. The topological polar surface area (TPSA) is 62.7 Å². The highest BCUT2D eigenvalue weighted by molar-refractivity contribution is 5.60. The van der Waals surface area contributed by atoms with Gasteiger partial charge in [-0.25, -0.2) is 9.97 Å². The Morgan fingerprint density at radius 1 is 1.06 bits per heavy atom. The van der Waals surface area contributed by atoms with Crippen molar-refractivity contribution in [2.45, 2.75) is 13.8 Å². The fourth-order valence-corrected chi connectivity index (χ4v) is 1.52. The minimum Gasteiger partial charge on any atom is -0.373 e. The molecule has 2 heterocycles. The Morgan fingerprint density at radius 3 is 2.53 bits per heavy atom. The average molecular weight is 229 g/mol. The summed E-state index contributed by atoms with van der Waals surface area (Å²) in [5, 5.41) is 6.19. The van der Waals surface area contributed by atoms with Gasteiger partial charge in [0.15, 0.2) is 0 Å². The second-order valence-electron chi connectivity index (χ2n) is 3.75. The molecule has 0 aliphatic rings. The molecule has 0 fully saturated rings. The molecule has 0 spiro atoms. The van der Waals surface area contributed by atoms with Crippen LogP contribution in [0.4, 0.5) is 17.3 Å². The van der Waals surface area contributed by atoms with E-state index >= 15 is 0 Å². The van der Waals surface area contributed by atoms with E-state index in [1.165, 1.54) is 6.33 Å². The Kier molecular flexibility index (Phi) is 3.18. The van der Waals surface area contributed by atoms with E-state index in [4.69, 9.17) is 0 Å². The molecule has 2 rings (SSSR count). The predicted molar refractivity (Wildman–Crippen MR) is 68.6 cm³/mol. The highest BCUT2D eigenvalue weighted by Crippen LogP contribution is 2.18. The fourth-order valence-electron chi connectivity index (χ4n) is 1.52. The molecule has 0 aromatic carbocycles. The van der Waals surface area contributed by atoms with Gasteiger partial charge in [-0.2, -0.15) is 0 Å². The first-order chi connectivity index (χ1) is 8.19. The number of hydrogen-bond acceptors (Lipinski definition) is 5. The predicted octanol–water partition coefficient (Wildman–Crippen LogP) is 2.27. The lowest BCUT2D eigenvalue weighted by Gasteiger charge is -2.09. The number of rotatable bonds is 3. The van der Waals surface area contributed by atoms with Crippen molar-refractivity contribution in [3.05, 3.63) is 35.9 Å². The molecule has 0 radical (unpaired) electrons. The van der Waals surface area contributed by atoms with E-state index < -0.39 is 0 Å². The standard InChI is InChI=1S/C12H15N5/c1-8-4-5-10(9(2)16-8)17-12-6-11(13-3)14-7-15-12/h4-7H,1-3H3,(H2,13,14,15,17). The molecular weight excluding hydrogens is 214 g/mol. The zero-order valence-electron chi connectivity index (χ0n) is 10.2. The summed E-state index contributed by atoms with van der Waals surface area (Å²) in [4.78, 5) is 12.6. The van der Waals surface area contributed by atoms with Gasteiger partial charge in [0.2, 0.25) is 0 Å². The number of pyridine rings is 1. The van der Waals surface area contributed by atoms with E-state index in [1.807, 2.05) is 39.1 Å². The van der Waals surface area contributed by atoms with E-state index in [0.29, 0.717) is 0 Å². The normalized spacial score (nSPS) is 10.1. The molecule has 5 heteroatoms. The summed E-state index contributed by atoms with van der Waals surface area (Å²) < 4.78 is 0. The molecule has 0 saturated heterocycles. The van der Waals surface area contributed by atoms with Crippen LogP contribution in [0.5, 0.6) is 0 Å². The van der Waals surface area contributed by atoms with Gasteiger partial charge in [0.05, 0.1) is 11.4 Å². The van der Waals surface area contributed by atoms with Crippen LogP contribution in [0.3, 0.4) is 0 Å². The van der Waals surface area contributed by atoms with Crippen molar-refractivity contribution in [2.24, 2.45) is 0 Å². The zero-order chi connectivity index (χ0) is 12.3. The minimum absolute atomic E-state index is 0.748. The van der Waals surface area contributed by atoms with Gasteiger partial charge in [0.1, 0.15) is 18.0 Å². The van der Waals surface area contributed by atoms with Gasteiger partial charge < -0.3 is 10.6 Å². The van der Waals surface area contributed by atoms with E-state index in [1.54, 1.807) is 0 Å². The Balaban J connectivity index is 2.25. The second kappa shape index (κ2) is 4.78. The average Bonchev–Trinajstić information content (AvgIpc) is 2.33. The zero-order valence-corrected chi connectivity index (χ0v) is 10.2. The molecule has 0 saturated carbocycles. The third-order valence-electron chi connectivity index (χ3n) is 2.41. The van der Waals surface area contributed by atoms with Gasteiger partial charge in [-0.05, 0) is 26.0 Å². The lowest BCUT2D eigenvalue weighted by atomic mass is 10.2. The molecule has 0 unspecified atom stereocenters. The molecule has 88 valence electrons. The molecule has 2 aromatic rings. The molecule has 0 amide bonds. The molecule has 2 N–H and O–H groups in total. The Labute approximate surface area is 100 Å². The molecule has 0 aliphatic carbocycles. The van der Waals surface area contributed by atoms with Crippen LogP contribution < -0.4 is 10.6 Å². The maximum atomic E-state index is 4.39. The van der Waals surface area contributed by atoms with Gasteiger partial charge in [-0.15, -0.1) is 0 Å². The van der Waals surface area contributed by atoms with Crippen LogP contribution in [-0.2, 0) is 0 Å². The summed E-state index contributed by atoms with van der Waals surface area (Å²) in [7, 11) is 1.82. The lowest BCUT2D eigenvalue weighted by molar-refractivity contribution is 1.11. The van der Waals surface area contributed by atoms with E-state index in [2.05, 4.69) is 25.6 Å². The summed E-state index contributed by atoms with van der Waals surface area (Å²) in [6, 6.07) is 5.81. The van der Waals surface area contributed by atoms with Crippen LogP contribution in [0.25, 0.3) is 0 Å². The highest BCUT2D eigenvalue weighted by atomic mass is 15.1. The summed E-state index contributed by atoms with van der Waals surface area (Å²) in [6.45, 7) is 3.94. The van der Waals surface area contributed by atoms with E-state index in [9.17, 15) is 0 Å². The first-order valence-corrected chi connectivity index (χ1v) is 5.40. The number of aromatic nitrogens is 3. The molecule has 0 aliphatic heterocycles. The number of anilines is 3. The monoisotopic (exact) mass is 229 g/mol. The third-order valence-corrected chi connectivity index (χ3v) is 2.41. The maximum Gasteiger partial charge on any atom is 0.135 e. The third kappa shape index (κ3) is 2.69. The summed E-state index contributed by atoms with van der Waals surface area (Å²) >= 11 is 0. The molecule has 2 aromatic heterocycles.